The zero-order valence-electron chi connectivity index (χ0n) is 8.44. The first-order valence-corrected chi connectivity index (χ1v) is 5.26. The second-order valence-electron chi connectivity index (χ2n) is 4.24. The largest absolute Gasteiger partial charge is 0.375 e. The highest BCUT2D eigenvalue weighted by Crippen LogP contribution is 2.38. The van der Waals surface area contributed by atoms with Crippen LogP contribution in [0.3, 0.4) is 0 Å². The van der Waals surface area contributed by atoms with Crippen LogP contribution in [0.15, 0.2) is 24.3 Å². The van der Waals surface area contributed by atoms with Crippen molar-refractivity contribution in [1.29, 1.82) is 0 Å². The summed E-state index contributed by atoms with van der Waals surface area (Å²) in [5, 5.41) is 0. The molecule has 2 atom stereocenters. The summed E-state index contributed by atoms with van der Waals surface area (Å²) in [4.78, 5) is 2.42. The van der Waals surface area contributed by atoms with Gasteiger partial charge in [-0.1, -0.05) is 24.3 Å². The number of hydrogen-bond acceptors (Lipinski definition) is 2. The van der Waals surface area contributed by atoms with E-state index in [-0.39, 0.29) is 0 Å². The molecule has 1 saturated heterocycles. The van der Waals surface area contributed by atoms with Gasteiger partial charge in [-0.2, -0.15) is 0 Å². The molecule has 1 aromatic rings. The maximum absolute atomic E-state index is 5.81. The minimum atomic E-state index is 0.395. The molecular formula is C12H15NO. The third-order valence-electron chi connectivity index (χ3n) is 3.40. The van der Waals surface area contributed by atoms with E-state index in [1.165, 1.54) is 11.1 Å². The average molecular weight is 189 g/mol. The lowest BCUT2D eigenvalue weighted by Gasteiger charge is -2.35. The Morgan fingerprint density at radius 2 is 2.21 bits per heavy atom. The molecule has 14 heavy (non-hydrogen) atoms. The van der Waals surface area contributed by atoms with Gasteiger partial charge in [0.2, 0.25) is 0 Å². The van der Waals surface area contributed by atoms with E-state index >= 15 is 0 Å². The molecule has 0 amide bonds. The van der Waals surface area contributed by atoms with E-state index in [4.69, 9.17) is 4.74 Å². The molecule has 0 aromatic heterocycles. The molecule has 74 valence electrons. The highest BCUT2D eigenvalue weighted by atomic mass is 16.5. The molecule has 0 N–H and O–H groups in total. The number of fused-ring (bicyclic) bond motifs is 3. The summed E-state index contributed by atoms with van der Waals surface area (Å²) in [6.45, 7) is 1.93. The maximum Gasteiger partial charge on any atom is 0.0812 e. The molecule has 1 aliphatic heterocycles. The van der Waals surface area contributed by atoms with Gasteiger partial charge in [0.15, 0.2) is 0 Å². The van der Waals surface area contributed by atoms with Crippen LogP contribution in [0.1, 0.15) is 17.2 Å². The molecule has 1 aromatic carbocycles. The van der Waals surface area contributed by atoms with Gasteiger partial charge in [0.05, 0.1) is 18.8 Å². The lowest BCUT2D eigenvalue weighted by Crippen LogP contribution is -2.40. The smallest absolute Gasteiger partial charge is 0.0812 e. The van der Waals surface area contributed by atoms with Crippen molar-refractivity contribution >= 4 is 0 Å². The molecule has 2 nitrogen and oxygen atoms in total. The standard InChI is InChI=1S/C12H15NO/c1-13-6-7-14-11-8-9-4-2-3-5-10(9)12(11)13/h2-5,11-12H,6-8H2,1H3/t11-,12?/m0/s1. The second kappa shape index (κ2) is 3.07. The van der Waals surface area contributed by atoms with Gasteiger partial charge in [-0.25, -0.2) is 0 Å². The van der Waals surface area contributed by atoms with Crippen molar-refractivity contribution in [2.75, 3.05) is 20.2 Å². The highest BCUT2D eigenvalue weighted by Gasteiger charge is 2.37. The van der Waals surface area contributed by atoms with E-state index in [0.29, 0.717) is 12.1 Å². The van der Waals surface area contributed by atoms with Crippen LogP contribution in [-0.4, -0.2) is 31.2 Å². The van der Waals surface area contributed by atoms with Crippen molar-refractivity contribution in [2.45, 2.75) is 18.6 Å². The van der Waals surface area contributed by atoms with Crippen LogP contribution >= 0.6 is 0 Å². The average Bonchev–Trinajstić information content (AvgIpc) is 2.57. The van der Waals surface area contributed by atoms with Gasteiger partial charge in [-0.15, -0.1) is 0 Å². The third-order valence-corrected chi connectivity index (χ3v) is 3.40. The lowest BCUT2D eigenvalue weighted by molar-refractivity contribution is -0.0532. The summed E-state index contributed by atoms with van der Waals surface area (Å²) in [7, 11) is 2.20. The Balaban J connectivity index is 2.03. The SMILES string of the molecule is CN1CCO[C@H]2Cc3ccccc3C21. The van der Waals surface area contributed by atoms with Crippen molar-refractivity contribution in [3.8, 4) is 0 Å². The predicted molar refractivity (Wildman–Crippen MR) is 55.3 cm³/mol. The summed E-state index contributed by atoms with van der Waals surface area (Å²) >= 11 is 0. The minimum absolute atomic E-state index is 0.395. The fraction of sp³-hybridized carbons (Fsp3) is 0.500. The zero-order chi connectivity index (χ0) is 9.54. The van der Waals surface area contributed by atoms with Crippen LogP contribution in [0, 0.1) is 0 Å². The fourth-order valence-corrected chi connectivity index (χ4v) is 2.70. The minimum Gasteiger partial charge on any atom is -0.375 e. The van der Waals surface area contributed by atoms with E-state index < -0.39 is 0 Å². The van der Waals surface area contributed by atoms with E-state index in [9.17, 15) is 0 Å². The van der Waals surface area contributed by atoms with Gasteiger partial charge in [0.25, 0.3) is 0 Å². The highest BCUT2D eigenvalue weighted by molar-refractivity contribution is 5.36. The molecule has 1 aliphatic carbocycles. The molecule has 2 heteroatoms. The Labute approximate surface area is 84.5 Å². The van der Waals surface area contributed by atoms with Gasteiger partial charge in [0.1, 0.15) is 0 Å². The summed E-state index contributed by atoms with van der Waals surface area (Å²) in [5.41, 5.74) is 2.94. The van der Waals surface area contributed by atoms with Crippen LogP contribution in [0.25, 0.3) is 0 Å². The Bertz CT molecular complexity index is 350. The Kier molecular flexibility index (Phi) is 1.85. The van der Waals surface area contributed by atoms with Crippen LogP contribution < -0.4 is 0 Å². The van der Waals surface area contributed by atoms with Crippen LogP contribution in [0.5, 0.6) is 0 Å². The monoisotopic (exact) mass is 189 g/mol. The molecular weight excluding hydrogens is 174 g/mol. The lowest BCUT2D eigenvalue weighted by atomic mass is 10.1. The van der Waals surface area contributed by atoms with Crippen LogP contribution in [0.4, 0.5) is 0 Å². The van der Waals surface area contributed by atoms with E-state index in [2.05, 4.69) is 36.2 Å². The van der Waals surface area contributed by atoms with Crippen molar-refractivity contribution in [3.63, 3.8) is 0 Å². The van der Waals surface area contributed by atoms with E-state index in [0.717, 1.165) is 19.6 Å². The summed E-state index contributed by atoms with van der Waals surface area (Å²) in [6.07, 6.45) is 1.48. The van der Waals surface area contributed by atoms with Crippen LogP contribution in [0.2, 0.25) is 0 Å². The number of likely N-dealkylation sites (N-methyl/N-ethyl adjacent to an activating group) is 1. The Morgan fingerprint density at radius 1 is 1.36 bits per heavy atom. The quantitative estimate of drug-likeness (QED) is 0.615. The Hall–Kier alpha value is -0.860. The van der Waals surface area contributed by atoms with Crippen molar-refractivity contribution in [2.24, 2.45) is 0 Å². The summed E-state index contributed by atoms with van der Waals surface area (Å²) < 4.78 is 5.81. The second-order valence-corrected chi connectivity index (χ2v) is 4.24. The first-order chi connectivity index (χ1) is 6.86. The van der Waals surface area contributed by atoms with Gasteiger partial charge in [-0.05, 0) is 18.2 Å². The number of ether oxygens (including phenoxy) is 1. The fourth-order valence-electron chi connectivity index (χ4n) is 2.70. The third kappa shape index (κ3) is 1.11. The van der Waals surface area contributed by atoms with E-state index in [1.807, 2.05) is 0 Å². The first-order valence-electron chi connectivity index (χ1n) is 5.26. The molecule has 0 spiro atoms. The summed E-state index contributed by atoms with van der Waals surface area (Å²) in [6, 6.07) is 9.22. The number of rotatable bonds is 0. The molecule has 1 unspecified atom stereocenters. The molecule has 2 aliphatic rings. The molecule has 1 fully saturated rings. The first kappa shape index (κ1) is 8.45. The predicted octanol–water partition coefficient (Wildman–Crippen LogP) is 1.61. The maximum atomic E-state index is 5.81. The Morgan fingerprint density at radius 3 is 3.14 bits per heavy atom. The summed E-state index contributed by atoms with van der Waals surface area (Å²) in [5.74, 6) is 0. The van der Waals surface area contributed by atoms with Crippen LogP contribution in [-0.2, 0) is 11.2 Å². The van der Waals surface area contributed by atoms with Gasteiger partial charge >= 0.3 is 0 Å². The zero-order valence-corrected chi connectivity index (χ0v) is 8.44. The topological polar surface area (TPSA) is 12.5 Å². The van der Waals surface area contributed by atoms with Crippen molar-refractivity contribution < 1.29 is 4.74 Å². The number of hydrogen-bond donors (Lipinski definition) is 0. The molecule has 0 saturated carbocycles. The van der Waals surface area contributed by atoms with Gasteiger partial charge in [-0.3, -0.25) is 4.90 Å². The number of morpholine rings is 1. The molecule has 3 rings (SSSR count). The number of nitrogens with zero attached hydrogens (tertiary/aromatic N) is 1. The number of benzene rings is 1. The van der Waals surface area contributed by atoms with Gasteiger partial charge in [0, 0.05) is 13.0 Å². The molecule has 0 radical (unpaired) electrons. The van der Waals surface area contributed by atoms with Crippen molar-refractivity contribution in [1.82, 2.24) is 4.90 Å². The molecule has 1 heterocycles. The normalized spacial score (nSPS) is 31.2. The van der Waals surface area contributed by atoms with Gasteiger partial charge < -0.3 is 4.74 Å². The van der Waals surface area contributed by atoms with E-state index in [1.54, 1.807) is 0 Å². The molecule has 0 bridgehead atoms. The van der Waals surface area contributed by atoms with Crippen molar-refractivity contribution in [3.05, 3.63) is 35.4 Å².